The van der Waals surface area contributed by atoms with E-state index < -0.39 is 36.7 Å². The van der Waals surface area contributed by atoms with Gasteiger partial charge in [-0.3, -0.25) is 0 Å². The van der Waals surface area contributed by atoms with E-state index in [4.69, 9.17) is 37.6 Å². The molecule has 4 aliphatic heterocycles. The second-order valence-electron chi connectivity index (χ2n) is 19.0. The van der Waals surface area contributed by atoms with Crippen molar-refractivity contribution in [3.8, 4) is 0 Å². The monoisotopic (exact) mass is 780 g/mol. The second-order valence-corrected chi connectivity index (χ2v) is 24.4. The molecule has 0 bridgehead atoms. The molecule has 0 radical (unpaired) electrons. The molecule has 55 heavy (non-hydrogen) atoms. The van der Waals surface area contributed by atoms with Crippen molar-refractivity contribution in [2.75, 3.05) is 13.2 Å². The van der Waals surface area contributed by atoms with E-state index in [1.165, 1.54) is 5.56 Å². The lowest BCUT2D eigenvalue weighted by Crippen LogP contribution is -2.68. The van der Waals surface area contributed by atoms with Gasteiger partial charge in [0.05, 0.1) is 48.8 Å². The first-order chi connectivity index (χ1) is 25.9. The van der Waals surface area contributed by atoms with Gasteiger partial charge < -0.3 is 37.6 Å². The van der Waals surface area contributed by atoms with Gasteiger partial charge in [-0.05, 0) is 94.5 Å². The van der Waals surface area contributed by atoms with Gasteiger partial charge in [-0.25, -0.2) is 0 Å². The summed E-state index contributed by atoms with van der Waals surface area (Å²) in [5, 5.41) is 0. The normalized spacial score (nSPS) is 34.2. The molecule has 308 valence electrons. The summed E-state index contributed by atoms with van der Waals surface area (Å²) in [7, 11) is -2.35. The van der Waals surface area contributed by atoms with Gasteiger partial charge in [0.25, 0.3) is 0 Å². The van der Waals surface area contributed by atoms with Gasteiger partial charge in [-0.1, -0.05) is 102 Å². The Hall–Kier alpha value is -1.66. The third-order valence-electron chi connectivity index (χ3n) is 13.4. The van der Waals surface area contributed by atoms with Gasteiger partial charge in [-0.2, -0.15) is 0 Å². The van der Waals surface area contributed by atoms with Gasteiger partial charge in [0.2, 0.25) is 8.32 Å². The summed E-state index contributed by atoms with van der Waals surface area (Å²) < 4.78 is 55.6. The summed E-state index contributed by atoms with van der Waals surface area (Å²) in [4.78, 5) is 0. The highest BCUT2D eigenvalue weighted by Crippen LogP contribution is 2.54. The van der Waals surface area contributed by atoms with Crippen molar-refractivity contribution in [1.82, 2.24) is 0 Å². The number of hydrogen-bond acceptors (Lipinski definition) is 8. The first kappa shape index (κ1) is 42.9. The molecule has 4 heterocycles. The average molecular weight is 781 g/mol. The minimum absolute atomic E-state index is 0.156. The van der Waals surface area contributed by atoms with E-state index in [0.717, 1.165) is 37.7 Å². The van der Waals surface area contributed by atoms with E-state index in [-0.39, 0.29) is 24.4 Å². The molecule has 8 atom stereocenters. The Labute approximate surface area is 333 Å². The van der Waals surface area contributed by atoms with Crippen LogP contribution in [-0.4, -0.2) is 74.3 Å². The molecule has 0 N–H and O–H groups in total. The van der Waals surface area contributed by atoms with E-state index in [1.54, 1.807) is 0 Å². The summed E-state index contributed by atoms with van der Waals surface area (Å²) in [5.41, 5.74) is 1.74. The smallest absolute Gasteiger partial charge is 0.200 e. The Balaban J connectivity index is 1.31. The van der Waals surface area contributed by atoms with Crippen LogP contribution >= 0.6 is 0 Å². The predicted octanol–water partition coefficient (Wildman–Crippen LogP) is 10.7. The molecule has 1 spiro atoms. The van der Waals surface area contributed by atoms with Crippen LogP contribution in [0.2, 0.25) is 16.6 Å². The minimum Gasteiger partial charge on any atom is -0.410 e. The van der Waals surface area contributed by atoms with E-state index in [1.807, 2.05) is 19.9 Å². The quantitative estimate of drug-likeness (QED) is 0.131. The van der Waals surface area contributed by atoms with Crippen LogP contribution in [0.4, 0.5) is 0 Å². The van der Waals surface area contributed by atoms with E-state index in [9.17, 15) is 0 Å². The predicted molar refractivity (Wildman–Crippen MR) is 219 cm³/mol. The van der Waals surface area contributed by atoms with Crippen LogP contribution in [0.25, 0.3) is 0 Å². The van der Waals surface area contributed by atoms with Gasteiger partial charge >= 0.3 is 0 Å². The molecule has 4 saturated heterocycles. The van der Waals surface area contributed by atoms with Crippen molar-refractivity contribution in [2.45, 2.75) is 204 Å². The number of hydrogen-bond donors (Lipinski definition) is 0. The first-order valence-electron chi connectivity index (χ1n) is 21.3. The zero-order valence-corrected chi connectivity index (χ0v) is 36.9. The van der Waals surface area contributed by atoms with Crippen LogP contribution in [0.3, 0.4) is 0 Å². The molecule has 2 aromatic carbocycles. The highest BCUT2D eigenvalue weighted by Gasteiger charge is 2.63. The van der Waals surface area contributed by atoms with E-state index in [0.29, 0.717) is 55.9 Å². The molecule has 6 rings (SSSR count). The van der Waals surface area contributed by atoms with Crippen molar-refractivity contribution in [3.05, 3.63) is 71.8 Å². The molecule has 4 fully saturated rings. The molecule has 0 unspecified atom stereocenters. The fourth-order valence-corrected chi connectivity index (χ4v) is 16.2. The molecule has 0 aromatic heterocycles. The third-order valence-corrected chi connectivity index (χ3v) is 19.5. The molecule has 0 saturated carbocycles. The molecular formula is C46H72O8Si. The SMILES string of the molecule is CC(C)[Si](O[C@@H](CCCOCc1ccccc1)[C@]1(C)O[C@@H]2CC[C@@H]3O[C@@]4(CC[C@@]3(C)O[C@@]2(C)C[C@H]1OCc1ccccc1)COC(C)(C)O4)(C(C)C)C(C)C. The maximum absolute atomic E-state index is 7.84. The lowest BCUT2D eigenvalue weighted by molar-refractivity contribution is -0.348. The van der Waals surface area contributed by atoms with Crippen LogP contribution < -0.4 is 0 Å². The maximum Gasteiger partial charge on any atom is 0.200 e. The van der Waals surface area contributed by atoms with Crippen molar-refractivity contribution in [2.24, 2.45) is 0 Å². The highest BCUT2D eigenvalue weighted by atomic mass is 28.4. The Bertz CT molecular complexity index is 1500. The van der Waals surface area contributed by atoms with Crippen molar-refractivity contribution >= 4 is 8.32 Å². The van der Waals surface area contributed by atoms with E-state index in [2.05, 4.69) is 117 Å². The standard InChI is InChI=1S/C46H72O8Si/c1-33(2)55(34(3)4,35(5)6)52-40(23-18-28-47-30-36-19-14-12-15-20-36)45(11)41(48-31-37-21-16-13-17-22-37)29-44(10)39(50-45)25-24-38-43(9,54-44)26-27-46(51-38)32-49-42(7,8)53-46/h12-17,19-22,33-35,38-41H,18,23-32H2,1-11H3/t38-,39+,40-,41+,43+,44-,45-,46+/m0/s1. The highest BCUT2D eigenvalue weighted by molar-refractivity contribution is 6.77. The lowest BCUT2D eigenvalue weighted by atomic mass is 9.76. The first-order valence-corrected chi connectivity index (χ1v) is 23.4. The van der Waals surface area contributed by atoms with Crippen molar-refractivity contribution < 1.29 is 37.6 Å². The summed E-state index contributed by atoms with van der Waals surface area (Å²) in [5.74, 6) is -1.42. The lowest BCUT2D eigenvalue weighted by Gasteiger charge is -2.58. The summed E-state index contributed by atoms with van der Waals surface area (Å²) in [6, 6.07) is 20.9. The molecular weight excluding hydrogens is 709 g/mol. The molecule has 0 aliphatic carbocycles. The fraction of sp³-hybridized carbons (Fsp3) is 0.739. The maximum atomic E-state index is 7.84. The molecule has 2 aromatic rings. The third kappa shape index (κ3) is 9.16. The Morgan fingerprint density at radius 1 is 0.709 bits per heavy atom. The topological polar surface area (TPSA) is 73.8 Å². The Kier molecular flexibility index (Phi) is 13.2. The number of rotatable bonds is 15. The largest absolute Gasteiger partial charge is 0.410 e. The van der Waals surface area contributed by atoms with Crippen LogP contribution in [0.1, 0.15) is 132 Å². The minimum atomic E-state index is -2.35. The van der Waals surface area contributed by atoms with Gasteiger partial charge in [0.15, 0.2) is 11.6 Å². The van der Waals surface area contributed by atoms with Gasteiger partial charge in [-0.15, -0.1) is 0 Å². The Morgan fingerprint density at radius 3 is 1.85 bits per heavy atom. The van der Waals surface area contributed by atoms with Gasteiger partial charge in [0.1, 0.15) is 12.2 Å². The summed E-state index contributed by atoms with van der Waals surface area (Å²) >= 11 is 0. The van der Waals surface area contributed by atoms with Gasteiger partial charge in [0, 0.05) is 19.4 Å². The molecule has 4 aliphatic rings. The molecule has 8 nitrogen and oxygen atoms in total. The van der Waals surface area contributed by atoms with Crippen molar-refractivity contribution in [1.29, 1.82) is 0 Å². The van der Waals surface area contributed by atoms with Crippen LogP contribution in [0.5, 0.6) is 0 Å². The Morgan fingerprint density at radius 2 is 1.29 bits per heavy atom. The second kappa shape index (κ2) is 16.9. The molecule has 0 amide bonds. The van der Waals surface area contributed by atoms with Crippen LogP contribution in [-0.2, 0) is 50.8 Å². The number of benzene rings is 2. The number of fused-ring (bicyclic) bond motifs is 2. The summed E-state index contributed by atoms with van der Waals surface area (Å²) in [6.45, 7) is 27.0. The van der Waals surface area contributed by atoms with Crippen molar-refractivity contribution in [3.63, 3.8) is 0 Å². The van der Waals surface area contributed by atoms with Crippen LogP contribution in [0, 0.1) is 0 Å². The summed E-state index contributed by atoms with van der Waals surface area (Å²) in [6.07, 6.45) is 4.64. The zero-order valence-electron chi connectivity index (χ0n) is 35.9. The van der Waals surface area contributed by atoms with E-state index >= 15 is 0 Å². The molecule has 9 heteroatoms. The van der Waals surface area contributed by atoms with Crippen LogP contribution in [0.15, 0.2) is 60.7 Å². The number of ether oxygens (including phenoxy) is 7. The fourth-order valence-electron chi connectivity index (χ4n) is 10.5. The zero-order chi connectivity index (χ0) is 39.7. The average Bonchev–Trinajstić information content (AvgIpc) is 3.38.